The largest absolute Gasteiger partial charge is 0.494 e. The summed E-state index contributed by atoms with van der Waals surface area (Å²) in [5, 5.41) is 8.99. The van der Waals surface area contributed by atoms with E-state index >= 15 is 0 Å². The number of halogens is 1. The van der Waals surface area contributed by atoms with Crippen LogP contribution in [-0.2, 0) is 9.31 Å². The van der Waals surface area contributed by atoms with Crippen LogP contribution in [0.25, 0.3) is 0 Å². The zero-order valence-corrected chi connectivity index (χ0v) is 13.1. The van der Waals surface area contributed by atoms with Crippen LogP contribution in [0.2, 0.25) is 0 Å². The molecule has 0 spiro atoms. The van der Waals surface area contributed by atoms with Crippen molar-refractivity contribution in [2.45, 2.75) is 43.8 Å². The molecular weight excluding hydrogens is 276 g/mol. The van der Waals surface area contributed by atoms with Gasteiger partial charge in [-0.2, -0.15) is 5.26 Å². The van der Waals surface area contributed by atoms with Crippen molar-refractivity contribution in [3.8, 4) is 6.07 Å². The minimum absolute atomic E-state index is 0.0674. The highest BCUT2D eigenvalue weighted by Crippen LogP contribution is 2.36. The minimum Gasteiger partial charge on any atom is -0.399 e. The van der Waals surface area contributed by atoms with Crippen molar-refractivity contribution < 1.29 is 13.7 Å². The van der Waals surface area contributed by atoms with Crippen molar-refractivity contribution in [3.63, 3.8) is 0 Å². The maximum atomic E-state index is 14.0. The van der Waals surface area contributed by atoms with Crippen LogP contribution in [0, 0.1) is 17.1 Å². The average Bonchev–Trinajstić information content (AvgIpc) is 2.57. The van der Waals surface area contributed by atoms with Crippen LogP contribution in [0.4, 0.5) is 4.39 Å². The molecule has 1 saturated heterocycles. The molecule has 1 aromatic carbocycles. The fourth-order valence-electron chi connectivity index (χ4n) is 1.99. The predicted molar refractivity (Wildman–Crippen MR) is 78.6 cm³/mol. The van der Waals surface area contributed by atoms with Gasteiger partial charge in [0.2, 0.25) is 0 Å². The monoisotopic (exact) mass is 293 g/mol. The highest BCUT2D eigenvalue weighted by Gasteiger charge is 2.51. The van der Waals surface area contributed by atoms with Crippen LogP contribution in [0.15, 0.2) is 17.0 Å². The third kappa shape index (κ3) is 2.46. The van der Waals surface area contributed by atoms with Crippen LogP contribution in [0.1, 0.15) is 33.3 Å². The second-order valence-electron chi connectivity index (χ2n) is 5.78. The molecule has 1 fully saturated rings. The number of hydrogen-bond acceptors (Lipinski definition) is 4. The van der Waals surface area contributed by atoms with E-state index in [1.165, 1.54) is 17.8 Å². The number of benzene rings is 1. The second-order valence-corrected chi connectivity index (χ2v) is 6.63. The van der Waals surface area contributed by atoms with Gasteiger partial charge in [-0.25, -0.2) is 4.39 Å². The van der Waals surface area contributed by atoms with Gasteiger partial charge >= 0.3 is 7.12 Å². The molecule has 0 radical (unpaired) electrons. The van der Waals surface area contributed by atoms with E-state index in [1.54, 1.807) is 6.07 Å². The van der Waals surface area contributed by atoms with E-state index in [4.69, 9.17) is 14.6 Å². The standard InChI is InChI=1S/C14H17BFNO2S/c1-13(2)14(3,4)19-15(18-13)9-6-11(16)10(8-17)12(7-9)20-5/h6-7H,1-5H3. The molecule has 0 N–H and O–H groups in total. The van der Waals surface area contributed by atoms with E-state index in [-0.39, 0.29) is 5.56 Å². The van der Waals surface area contributed by atoms with Crippen LogP contribution in [0.5, 0.6) is 0 Å². The number of thioether (sulfide) groups is 1. The van der Waals surface area contributed by atoms with Gasteiger partial charge in [-0.05, 0) is 51.5 Å². The topological polar surface area (TPSA) is 42.2 Å². The van der Waals surface area contributed by atoms with Gasteiger partial charge in [0.1, 0.15) is 17.4 Å². The smallest absolute Gasteiger partial charge is 0.399 e. The van der Waals surface area contributed by atoms with Gasteiger partial charge in [-0.3, -0.25) is 0 Å². The van der Waals surface area contributed by atoms with Gasteiger partial charge in [-0.1, -0.05) is 0 Å². The molecule has 0 aromatic heterocycles. The summed E-state index contributed by atoms with van der Waals surface area (Å²) < 4.78 is 25.8. The van der Waals surface area contributed by atoms with Crippen molar-refractivity contribution in [2.24, 2.45) is 0 Å². The molecule has 20 heavy (non-hydrogen) atoms. The van der Waals surface area contributed by atoms with Crippen LogP contribution in [0.3, 0.4) is 0 Å². The van der Waals surface area contributed by atoms with E-state index in [0.717, 1.165) is 0 Å². The van der Waals surface area contributed by atoms with Gasteiger partial charge in [0.05, 0.1) is 11.2 Å². The molecule has 0 saturated carbocycles. The molecule has 0 amide bonds. The van der Waals surface area contributed by atoms with Gasteiger partial charge < -0.3 is 9.31 Å². The Bertz CT molecular complexity index is 567. The van der Waals surface area contributed by atoms with Crippen LogP contribution in [-0.4, -0.2) is 24.6 Å². The molecule has 2 rings (SSSR count). The summed E-state index contributed by atoms with van der Waals surface area (Å²) >= 11 is 1.33. The zero-order valence-electron chi connectivity index (χ0n) is 12.3. The predicted octanol–water partition coefficient (Wildman–Crippen LogP) is 2.72. The highest BCUT2D eigenvalue weighted by molar-refractivity contribution is 7.98. The normalized spacial score (nSPS) is 19.9. The Morgan fingerprint density at radius 1 is 1.20 bits per heavy atom. The third-order valence-electron chi connectivity index (χ3n) is 3.93. The van der Waals surface area contributed by atoms with E-state index in [9.17, 15) is 4.39 Å². The lowest BCUT2D eigenvalue weighted by atomic mass is 9.78. The Kier molecular flexibility index (Phi) is 3.89. The summed E-state index contributed by atoms with van der Waals surface area (Å²) in [6.07, 6.45) is 1.81. The van der Waals surface area contributed by atoms with E-state index < -0.39 is 24.1 Å². The van der Waals surface area contributed by atoms with Crippen molar-refractivity contribution in [1.82, 2.24) is 0 Å². The molecule has 0 bridgehead atoms. The molecule has 1 heterocycles. The maximum Gasteiger partial charge on any atom is 0.494 e. The number of rotatable bonds is 2. The quantitative estimate of drug-likeness (QED) is 0.621. The first-order valence-corrected chi connectivity index (χ1v) is 7.57. The van der Waals surface area contributed by atoms with Crippen molar-refractivity contribution in [2.75, 3.05) is 6.26 Å². The van der Waals surface area contributed by atoms with Gasteiger partial charge in [0.25, 0.3) is 0 Å². The van der Waals surface area contributed by atoms with Gasteiger partial charge in [-0.15, -0.1) is 11.8 Å². The summed E-state index contributed by atoms with van der Waals surface area (Å²) in [6, 6.07) is 4.97. The summed E-state index contributed by atoms with van der Waals surface area (Å²) in [4.78, 5) is 0.595. The lowest BCUT2D eigenvalue weighted by Gasteiger charge is -2.32. The van der Waals surface area contributed by atoms with Crippen LogP contribution >= 0.6 is 11.8 Å². The summed E-state index contributed by atoms with van der Waals surface area (Å²) in [5.41, 5.74) is -0.273. The second kappa shape index (κ2) is 5.07. The molecule has 6 heteroatoms. The Balaban J connectivity index is 2.42. The molecule has 1 aromatic rings. The van der Waals surface area contributed by atoms with Crippen LogP contribution < -0.4 is 5.46 Å². The minimum atomic E-state index is -0.617. The first-order valence-electron chi connectivity index (χ1n) is 6.35. The fraction of sp³-hybridized carbons (Fsp3) is 0.500. The maximum absolute atomic E-state index is 14.0. The Morgan fingerprint density at radius 2 is 1.75 bits per heavy atom. The third-order valence-corrected chi connectivity index (χ3v) is 4.70. The molecule has 0 aliphatic carbocycles. The van der Waals surface area contributed by atoms with Crippen molar-refractivity contribution in [1.29, 1.82) is 5.26 Å². The number of hydrogen-bond donors (Lipinski definition) is 0. The molecule has 1 aliphatic rings. The summed E-state index contributed by atoms with van der Waals surface area (Å²) in [7, 11) is -0.617. The van der Waals surface area contributed by atoms with Crippen molar-refractivity contribution >= 4 is 24.3 Å². The van der Waals surface area contributed by atoms with Gasteiger partial charge in [0, 0.05) is 4.90 Å². The fourth-order valence-corrected chi connectivity index (χ4v) is 2.59. The molecular formula is C14H17BFNO2S. The summed E-state index contributed by atoms with van der Waals surface area (Å²) in [5.74, 6) is -0.538. The van der Waals surface area contributed by atoms with E-state index in [0.29, 0.717) is 10.4 Å². The summed E-state index contributed by atoms with van der Waals surface area (Å²) in [6.45, 7) is 7.79. The Morgan fingerprint density at radius 3 is 2.20 bits per heavy atom. The van der Waals surface area contributed by atoms with E-state index in [1.807, 2.05) is 40.0 Å². The Hall–Kier alpha value is -1.03. The zero-order chi connectivity index (χ0) is 15.1. The lowest BCUT2D eigenvalue weighted by Crippen LogP contribution is -2.41. The lowest BCUT2D eigenvalue weighted by molar-refractivity contribution is 0.00578. The molecule has 0 unspecified atom stereocenters. The average molecular weight is 293 g/mol. The van der Waals surface area contributed by atoms with E-state index in [2.05, 4.69) is 0 Å². The van der Waals surface area contributed by atoms with Crippen molar-refractivity contribution in [3.05, 3.63) is 23.5 Å². The molecule has 106 valence electrons. The molecule has 0 atom stereocenters. The number of nitrogens with zero attached hydrogens (tertiary/aromatic N) is 1. The first kappa shape index (κ1) is 15.4. The SMILES string of the molecule is CSc1cc(B2OC(C)(C)C(C)(C)O2)cc(F)c1C#N. The Labute approximate surface area is 123 Å². The van der Waals surface area contributed by atoms with Gasteiger partial charge in [0.15, 0.2) is 0 Å². The molecule has 1 aliphatic heterocycles. The number of nitriles is 1. The first-order chi connectivity index (χ1) is 9.21. The molecule has 3 nitrogen and oxygen atoms in total. The highest BCUT2D eigenvalue weighted by atomic mass is 32.2.